The predicted molar refractivity (Wildman–Crippen MR) is 370 cm³/mol. The predicted octanol–water partition coefficient (Wildman–Crippen LogP) is 8.65. The molecule has 0 spiro atoms. The number of thiazole rings is 1. The van der Waals surface area contributed by atoms with Crippen LogP contribution in [0.2, 0.25) is 0 Å². The maximum Gasteiger partial charge on any atom is 0.138 e. The first-order valence-electron chi connectivity index (χ1n) is 29.2. The van der Waals surface area contributed by atoms with Crippen molar-refractivity contribution < 1.29 is 86.2 Å². The van der Waals surface area contributed by atoms with Gasteiger partial charge in [-0.3, -0.25) is 48.8 Å². The third kappa shape index (κ3) is 24.6. The molecule has 15 aromatic rings. The molecule has 0 aliphatic carbocycles. The fraction of sp³-hybridized carbons (Fsp3) is 0.0556. The normalized spacial score (nSPS) is 9.96. The molecule has 505 valence electrons. The van der Waals surface area contributed by atoms with E-state index in [1.165, 1.54) is 83.0 Å². The number of ether oxygens (including phenoxy) is 1. The quantitative estimate of drug-likeness (QED) is 0.0736. The van der Waals surface area contributed by atoms with Gasteiger partial charge in [-0.15, -0.1) is 18.3 Å². The molecule has 0 atom stereocenters. The van der Waals surface area contributed by atoms with E-state index in [-0.39, 0.29) is 78.3 Å². The molecule has 9 aromatic heterocycles. The van der Waals surface area contributed by atoms with Crippen LogP contribution in [0.25, 0.3) is 62.8 Å². The van der Waals surface area contributed by atoms with Crippen molar-refractivity contribution in [1.29, 1.82) is 0 Å². The molecule has 6 aromatic carbocycles. The molecular weight excluding hydrogens is 1860 g/mol. The molecule has 0 amide bonds. The van der Waals surface area contributed by atoms with E-state index in [0.29, 0.717) is 28.9 Å². The Kier molecular flexibility index (Phi) is 34.4. The molecule has 0 saturated carbocycles. The molecule has 27 heteroatoms. The van der Waals surface area contributed by atoms with Gasteiger partial charge in [-0.1, -0.05) is 162 Å². The third-order valence-corrected chi connectivity index (χ3v) is 20.1. The second-order valence-electron chi connectivity index (χ2n) is 19.7. The molecule has 9 heterocycles. The first-order valence-corrected chi connectivity index (χ1v) is 33.6. The van der Waals surface area contributed by atoms with Gasteiger partial charge in [0.2, 0.25) is 0 Å². The molecule has 15 rings (SSSR count). The number of pyridine rings is 2. The molecule has 0 bridgehead atoms. The molecule has 3 radical (unpaired) electrons. The molecular formula is C72H58ClF2Ir3N17OP2S-4. The summed E-state index contributed by atoms with van der Waals surface area (Å²) in [6.45, 7) is 0. The number of rotatable bonds is 14. The smallest absolute Gasteiger partial charge is 0.138 e. The van der Waals surface area contributed by atoms with Gasteiger partial charge in [0.1, 0.15) is 49.7 Å². The number of halogens is 3. The van der Waals surface area contributed by atoms with E-state index in [4.69, 9.17) is 4.74 Å². The number of aryl methyl sites for hydroxylation is 1. The second-order valence-corrected chi connectivity index (χ2v) is 25.7. The SMILES string of the molecule is COc1ccnc(-c2[c-]cc(F)cc2F)c1.Cn1cnc(-c2[c-]cncn2)c1.[Cl-].[Ir].[Ir].[Ir].[c-]1cncnc1-c1cscn1.[c-]1cncnc1-n1cncn1.c1ccc(-c2n[n-]c(-c3ccccn3)n2)cc1.c1ccc([PH+](CC[PH+](c2ccccc2)c2ccccc2)c2ccccc2)cc1. The van der Waals surface area contributed by atoms with E-state index >= 15 is 0 Å². The summed E-state index contributed by atoms with van der Waals surface area (Å²) in [5.41, 5.74) is 7.11. The maximum atomic E-state index is 13.4. The number of hydrogen-bond acceptors (Lipinski definition) is 16. The van der Waals surface area contributed by atoms with Gasteiger partial charge >= 0.3 is 0 Å². The van der Waals surface area contributed by atoms with E-state index < -0.39 is 27.5 Å². The molecule has 0 saturated heterocycles. The van der Waals surface area contributed by atoms with Crippen LogP contribution in [0.1, 0.15) is 0 Å². The largest absolute Gasteiger partial charge is 1.00 e. The van der Waals surface area contributed by atoms with Crippen LogP contribution in [-0.4, -0.2) is 98.7 Å². The Morgan fingerprint density at radius 2 is 1.07 bits per heavy atom. The van der Waals surface area contributed by atoms with Crippen molar-refractivity contribution in [3.63, 3.8) is 0 Å². The van der Waals surface area contributed by atoms with E-state index in [0.717, 1.165) is 46.2 Å². The average molecular weight is 1920 g/mol. The molecule has 0 aliphatic rings. The van der Waals surface area contributed by atoms with Crippen molar-refractivity contribution in [2.75, 3.05) is 19.4 Å². The molecule has 0 unspecified atom stereocenters. The molecule has 99 heavy (non-hydrogen) atoms. The summed E-state index contributed by atoms with van der Waals surface area (Å²) < 4.78 is 34.5. The number of methoxy groups -OCH3 is 1. The Bertz CT molecular complexity index is 4310. The average Bonchev–Trinajstić information content (AvgIpc) is 1.30. The summed E-state index contributed by atoms with van der Waals surface area (Å²) >= 11 is 1.54. The van der Waals surface area contributed by atoms with E-state index in [1.807, 2.05) is 71.7 Å². The summed E-state index contributed by atoms with van der Waals surface area (Å²) in [5, 5.41) is 20.0. The Balaban J connectivity index is 0.000000192. The number of imidazole rings is 1. The van der Waals surface area contributed by atoms with E-state index in [9.17, 15) is 8.78 Å². The summed E-state index contributed by atoms with van der Waals surface area (Å²) in [7, 11) is 1.85. The van der Waals surface area contributed by atoms with Crippen molar-refractivity contribution in [1.82, 2.24) is 84.4 Å². The van der Waals surface area contributed by atoms with Gasteiger partial charge in [0.05, 0.1) is 67.5 Å². The summed E-state index contributed by atoms with van der Waals surface area (Å²) in [4.78, 5) is 47.7. The number of benzene rings is 6. The third-order valence-electron chi connectivity index (χ3n) is 13.4. The number of hydrogen-bond donors (Lipinski definition) is 0. The second kappa shape index (κ2) is 43.2. The zero-order chi connectivity index (χ0) is 65.5. The number of nitrogens with zero attached hydrogens (tertiary/aromatic N) is 17. The van der Waals surface area contributed by atoms with E-state index in [1.54, 1.807) is 60.2 Å². The minimum absolute atomic E-state index is 0. The van der Waals surface area contributed by atoms with Crippen molar-refractivity contribution in [2.24, 2.45) is 7.05 Å². The Morgan fingerprint density at radius 1 is 0.525 bits per heavy atom. The monoisotopic (exact) mass is 1920 g/mol. The number of aromatic nitrogens is 17. The summed E-state index contributed by atoms with van der Waals surface area (Å²) in [6, 6.07) is 76.1. The first kappa shape index (κ1) is 78.7. The van der Waals surface area contributed by atoms with Crippen LogP contribution in [0.4, 0.5) is 8.78 Å². The van der Waals surface area contributed by atoms with Crippen LogP contribution in [0.5, 0.6) is 5.75 Å². The molecule has 0 N–H and O–H groups in total. The molecule has 0 aliphatic heterocycles. The van der Waals surface area contributed by atoms with Crippen LogP contribution in [-0.2, 0) is 67.4 Å². The van der Waals surface area contributed by atoms with Crippen LogP contribution in [0.15, 0.2) is 280 Å². The van der Waals surface area contributed by atoms with Crippen molar-refractivity contribution >= 4 is 48.4 Å². The fourth-order valence-corrected chi connectivity index (χ4v) is 15.7. The Labute approximate surface area is 624 Å². The van der Waals surface area contributed by atoms with E-state index in [2.05, 4.69) is 221 Å². The van der Waals surface area contributed by atoms with Gasteiger partial charge in [-0.05, 0) is 101 Å². The fourth-order valence-electron chi connectivity index (χ4n) is 8.95. The Hall–Kier alpha value is -9.26. The van der Waals surface area contributed by atoms with Crippen molar-refractivity contribution in [3.8, 4) is 68.5 Å². The standard InChI is InChI=1S/C26H24P2.C13H9N4.C12H8F2NO.C8H7N4.C7H4N3S.C6H4N5.ClH.3Ir/c1-5-13-23(14-6-1)27(24-15-7-2-8-16-24)21-22-28(25-17-9-3-10-18-25)26-19-11-4-12-20-26;1-2-6-10(7-3-1)12-15-13(17-16-12)11-8-4-5-9-14-11;1-16-9-4-5-15-12(7-9)10-3-2-8(13)6-11(10)14;1-12-4-8(11-6-12)7-2-3-9-5-10-7;1-2-8-4-9-6(1)7-3-11-5-10-7;1-2-7-3-9-6(1)11-5-8-4-10-11;;;;/h1-20H,21-22H2;1-9H;2,4-7H,1H3;3-6H,1H3;2*2-5H;1H;;;/q;5*-1;;;;/p+1. The minimum atomic E-state index is -0.783. The van der Waals surface area contributed by atoms with Crippen molar-refractivity contribution in [2.45, 2.75) is 0 Å². The maximum absolute atomic E-state index is 13.4. The van der Waals surface area contributed by atoms with Crippen LogP contribution >= 0.6 is 27.2 Å². The van der Waals surface area contributed by atoms with Gasteiger partial charge in [0, 0.05) is 91.4 Å². The first-order chi connectivity index (χ1) is 46.8. The minimum Gasteiger partial charge on any atom is -1.00 e. The zero-order valence-corrected chi connectivity index (χ0v) is 63.3. The topological polar surface area (TPSA) is 214 Å². The summed E-state index contributed by atoms with van der Waals surface area (Å²) in [5.74, 6) is 0.986. The molecule has 0 fully saturated rings. The van der Waals surface area contributed by atoms with Gasteiger partial charge in [0.15, 0.2) is 0 Å². The van der Waals surface area contributed by atoms with Crippen LogP contribution in [0.3, 0.4) is 0 Å². The Morgan fingerprint density at radius 3 is 1.54 bits per heavy atom. The van der Waals surface area contributed by atoms with Gasteiger partial charge in [-0.2, -0.15) is 16.4 Å². The molecule has 18 nitrogen and oxygen atoms in total. The van der Waals surface area contributed by atoms with Gasteiger partial charge in [-0.25, -0.2) is 21.8 Å². The zero-order valence-electron chi connectivity index (χ0n) is 52.5. The van der Waals surface area contributed by atoms with Gasteiger partial charge in [0.25, 0.3) is 0 Å². The van der Waals surface area contributed by atoms with Gasteiger partial charge < -0.3 is 52.8 Å². The van der Waals surface area contributed by atoms with Crippen molar-refractivity contribution in [3.05, 3.63) is 316 Å². The van der Waals surface area contributed by atoms with Crippen LogP contribution in [0, 0.1) is 35.9 Å². The summed E-state index contributed by atoms with van der Waals surface area (Å²) in [6.07, 6.45) is 21.5. The van der Waals surface area contributed by atoms with Crippen LogP contribution < -0.4 is 43.5 Å².